The van der Waals surface area contributed by atoms with E-state index in [4.69, 9.17) is 0 Å². The van der Waals surface area contributed by atoms with E-state index in [0.717, 1.165) is 12.4 Å². The molecular formula is C15H23N5. The third-order valence-corrected chi connectivity index (χ3v) is 3.20. The second kappa shape index (κ2) is 6.13. The van der Waals surface area contributed by atoms with Gasteiger partial charge in [-0.1, -0.05) is 37.3 Å². The first-order chi connectivity index (χ1) is 9.46. The lowest BCUT2D eigenvalue weighted by Crippen LogP contribution is -2.36. The lowest BCUT2D eigenvalue weighted by molar-refractivity contribution is 0.403. The maximum Gasteiger partial charge on any atom is 0.165 e. The zero-order chi connectivity index (χ0) is 14.6. The average molecular weight is 273 g/mol. The molecule has 0 radical (unpaired) electrons. The zero-order valence-corrected chi connectivity index (χ0v) is 12.7. The summed E-state index contributed by atoms with van der Waals surface area (Å²) >= 11 is 0. The van der Waals surface area contributed by atoms with Crippen molar-refractivity contribution in [1.29, 1.82) is 0 Å². The van der Waals surface area contributed by atoms with Crippen molar-refractivity contribution in [2.45, 2.75) is 52.2 Å². The molecule has 0 amide bonds. The minimum atomic E-state index is 0.0574. The topological polar surface area (TPSA) is 55.6 Å². The molecule has 0 aliphatic heterocycles. The van der Waals surface area contributed by atoms with Crippen LogP contribution in [0.4, 0.5) is 0 Å². The van der Waals surface area contributed by atoms with Crippen LogP contribution in [-0.4, -0.2) is 25.7 Å². The Hall–Kier alpha value is -1.75. The van der Waals surface area contributed by atoms with Gasteiger partial charge in [-0.15, -0.1) is 5.10 Å². The minimum absolute atomic E-state index is 0.0574. The summed E-state index contributed by atoms with van der Waals surface area (Å²) in [5.41, 5.74) is 1.36. The molecule has 1 unspecified atom stereocenters. The molecule has 1 N–H and O–H groups in total. The van der Waals surface area contributed by atoms with Crippen LogP contribution in [0.2, 0.25) is 0 Å². The Labute approximate surface area is 120 Å². The largest absolute Gasteiger partial charge is 0.305 e. The van der Waals surface area contributed by atoms with Gasteiger partial charge in [0.2, 0.25) is 0 Å². The van der Waals surface area contributed by atoms with E-state index in [1.807, 2.05) is 10.7 Å². The van der Waals surface area contributed by atoms with Crippen molar-refractivity contribution in [3.05, 3.63) is 41.7 Å². The second-order valence-corrected chi connectivity index (χ2v) is 6.19. The summed E-state index contributed by atoms with van der Waals surface area (Å²) in [7, 11) is 0. The van der Waals surface area contributed by atoms with Crippen LogP contribution in [0.3, 0.4) is 0 Å². The third kappa shape index (κ3) is 4.13. The number of hydrogen-bond donors (Lipinski definition) is 1. The predicted octanol–water partition coefficient (Wildman–Crippen LogP) is 2.36. The van der Waals surface area contributed by atoms with Crippen molar-refractivity contribution in [2.24, 2.45) is 0 Å². The van der Waals surface area contributed by atoms with E-state index >= 15 is 0 Å². The molecule has 0 spiro atoms. The number of benzene rings is 1. The van der Waals surface area contributed by atoms with Crippen molar-refractivity contribution in [3.63, 3.8) is 0 Å². The molecule has 20 heavy (non-hydrogen) atoms. The Kier molecular flexibility index (Phi) is 4.49. The molecule has 5 heteroatoms. The van der Waals surface area contributed by atoms with Gasteiger partial charge >= 0.3 is 0 Å². The lowest BCUT2D eigenvalue weighted by Gasteiger charge is -2.20. The maximum absolute atomic E-state index is 4.11. The number of hydrogen-bond acceptors (Lipinski definition) is 4. The van der Waals surface area contributed by atoms with E-state index < -0.39 is 0 Å². The van der Waals surface area contributed by atoms with Crippen LogP contribution in [0.1, 0.15) is 45.0 Å². The van der Waals surface area contributed by atoms with Gasteiger partial charge in [-0.05, 0) is 36.8 Å². The van der Waals surface area contributed by atoms with Crippen molar-refractivity contribution in [1.82, 2.24) is 25.5 Å². The third-order valence-electron chi connectivity index (χ3n) is 3.20. The van der Waals surface area contributed by atoms with Gasteiger partial charge in [-0.25, -0.2) is 4.68 Å². The van der Waals surface area contributed by atoms with E-state index in [-0.39, 0.29) is 5.54 Å². The fourth-order valence-corrected chi connectivity index (χ4v) is 1.98. The second-order valence-electron chi connectivity index (χ2n) is 6.19. The summed E-state index contributed by atoms with van der Waals surface area (Å²) < 4.78 is 1.89. The van der Waals surface area contributed by atoms with Crippen LogP contribution in [0.15, 0.2) is 30.3 Å². The summed E-state index contributed by atoms with van der Waals surface area (Å²) in [5.74, 6) is 1.26. The normalized spacial score (nSPS) is 13.4. The van der Waals surface area contributed by atoms with Gasteiger partial charge in [-0.3, -0.25) is 0 Å². The summed E-state index contributed by atoms with van der Waals surface area (Å²) in [4.78, 5) is 0. The molecule has 0 aliphatic rings. The smallest absolute Gasteiger partial charge is 0.165 e. The van der Waals surface area contributed by atoms with E-state index in [9.17, 15) is 0 Å². The molecule has 0 aliphatic carbocycles. The van der Waals surface area contributed by atoms with Crippen LogP contribution in [0.25, 0.3) is 0 Å². The van der Waals surface area contributed by atoms with Crippen LogP contribution in [0.5, 0.6) is 0 Å². The fourth-order valence-electron chi connectivity index (χ4n) is 1.98. The number of aromatic nitrogens is 4. The van der Waals surface area contributed by atoms with Crippen molar-refractivity contribution in [2.75, 3.05) is 0 Å². The first-order valence-electron chi connectivity index (χ1n) is 7.01. The van der Waals surface area contributed by atoms with Crippen LogP contribution in [-0.2, 0) is 13.1 Å². The molecule has 0 saturated heterocycles. The van der Waals surface area contributed by atoms with Crippen LogP contribution in [0, 0.1) is 0 Å². The standard InChI is InChI=1S/C15H23N5/c1-12(13-8-6-5-7-9-13)11-20-14(17-18-19-20)10-16-15(2,3)4/h5-9,12,16H,10-11H2,1-4H3. The zero-order valence-electron chi connectivity index (χ0n) is 12.7. The van der Waals surface area contributed by atoms with Gasteiger partial charge in [-0.2, -0.15) is 0 Å². The van der Waals surface area contributed by atoms with Gasteiger partial charge < -0.3 is 5.32 Å². The Morgan fingerprint density at radius 1 is 1.20 bits per heavy atom. The Morgan fingerprint density at radius 3 is 2.55 bits per heavy atom. The molecule has 0 bridgehead atoms. The first kappa shape index (κ1) is 14.7. The van der Waals surface area contributed by atoms with Gasteiger partial charge in [0.05, 0.1) is 13.1 Å². The van der Waals surface area contributed by atoms with E-state index in [1.165, 1.54) is 5.56 Å². The number of nitrogens with zero attached hydrogens (tertiary/aromatic N) is 4. The lowest BCUT2D eigenvalue weighted by atomic mass is 10.0. The number of rotatable bonds is 5. The van der Waals surface area contributed by atoms with Gasteiger partial charge in [0, 0.05) is 11.5 Å². The summed E-state index contributed by atoms with van der Waals surface area (Å²) in [5, 5.41) is 15.4. The average Bonchev–Trinajstić information content (AvgIpc) is 2.84. The minimum Gasteiger partial charge on any atom is -0.305 e. The predicted molar refractivity (Wildman–Crippen MR) is 79.3 cm³/mol. The Morgan fingerprint density at radius 2 is 1.90 bits per heavy atom. The van der Waals surface area contributed by atoms with E-state index in [1.54, 1.807) is 0 Å². The molecule has 1 atom stereocenters. The SMILES string of the molecule is CC(Cn1nnnc1CNC(C)(C)C)c1ccccc1. The van der Waals surface area contributed by atoms with Crippen LogP contribution < -0.4 is 5.32 Å². The summed E-state index contributed by atoms with van der Waals surface area (Å²) in [6.45, 7) is 10.1. The molecule has 108 valence electrons. The molecule has 5 nitrogen and oxygen atoms in total. The molecule has 0 fully saturated rings. The molecule has 2 aromatic rings. The quantitative estimate of drug-likeness (QED) is 0.908. The van der Waals surface area contributed by atoms with Gasteiger partial charge in [0.15, 0.2) is 5.82 Å². The molecule has 2 rings (SSSR count). The van der Waals surface area contributed by atoms with Gasteiger partial charge in [0.25, 0.3) is 0 Å². The highest BCUT2D eigenvalue weighted by Crippen LogP contribution is 2.16. The van der Waals surface area contributed by atoms with E-state index in [0.29, 0.717) is 12.5 Å². The number of nitrogens with one attached hydrogen (secondary N) is 1. The Bertz CT molecular complexity index is 527. The van der Waals surface area contributed by atoms with Crippen molar-refractivity contribution >= 4 is 0 Å². The van der Waals surface area contributed by atoms with Crippen molar-refractivity contribution in [3.8, 4) is 0 Å². The summed E-state index contributed by atoms with van der Waals surface area (Å²) in [6, 6.07) is 10.4. The highest BCUT2D eigenvalue weighted by molar-refractivity contribution is 5.18. The molecular weight excluding hydrogens is 250 g/mol. The first-order valence-corrected chi connectivity index (χ1v) is 7.01. The van der Waals surface area contributed by atoms with Gasteiger partial charge in [0.1, 0.15) is 0 Å². The molecule has 1 aromatic carbocycles. The van der Waals surface area contributed by atoms with Crippen molar-refractivity contribution < 1.29 is 0 Å². The molecule has 1 aromatic heterocycles. The monoisotopic (exact) mass is 273 g/mol. The Balaban J connectivity index is 2.02. The molecule has 0 saturated carbocycles. The highest BCUT2D eigenvalue weighted by Gasteiger charge is 2.14. The van der Waals surface area contributed by atoms with E-state index in [2.05, 4.69) is 72.8 Å². The maximum atomic E-state index is 4.11. The fraction of sp³-hybridized carbons (Fsp3) is 0.533. The number of tetrazole rings is 1. The summed E-state index contributed by atoms with van der Waals surface area (Å²) in [6.07, 6.45) is 0. The van der Waals surface area contributed by atoms with Crippen LogP contribution >= 0.6 is 0 Å². The molecule has 1 heterocycles. The highest BCUT2D eigenvalue weighted by atomic mass is 15.5.